The Bertz CT molecular complexity index is 491. The Hall–Kier alpha value is -1.55. The van der Waals surface area contributed by atoms with Crippen molar-refractivity contribution in [1.29, 1.82) is 0 Å². The number of rotatable bonds is 3. The van der Waals surface area contributed by atoms with Gasteiger partial charge in [-0.1, -0.05) is 13.8 Å². The molecular weight excluding hydrogens is 254 g/mol. The summed E-state index contributed by atoms with van der Waals surface area (Å²) in [5.41, 5.74) is 2.81. The van der Waals surface area contributed by atoms with E-state index in [9.17, 15) is 4.79 Å². The standard InChI is InChI=1S/C16H23NO3/c1-11(2)13-10-14(12(3)9-15(13)19-4)16(18)17-5-7-20-8-6-17/h9-11H,5-8H2,1-4H3. The topological polar surface area (TPSA) is 38.8 Å². The third-order valence-electron chi connectivity index (χ3n) is 3.73. The van der Waals surface area contributed by atoms with E-state index < -0.39 is 0 Å². The van der Waals surface area contributed by atoms with Crippen LogP contribution in [0.4, 0.5) is 0 Å². The number of aryl methyl sites for hydroxylation is 1. The average Bonchev–Trinajstić information content (AvgIpc) is 2.46. The van der Waals surface area contributed by atoms with Gasteiger partial charge in [0.15, 0.2) is 0 Å². The van der Waals surface area contributed by atoms with Crippen molar-refractivity contribution in [1.82, 2.24) is 4.90 Å². The predicted octanol–water partition coefficient (Wildman–Crippen LogP) is 2.60. The van der Waals surface area contributed by atoms with Gasteiger partial charge in [-0.25, -0.2) is 0 Å². The zero-order chi connectivity index (χ0) is 14.7. The molecule has 4 heteroatoms. The van der Waals surface area contributed by atoms with Crippen LogP contribution in [0.1, 0.15) is 41.3 Å². The summed E-state index contributed by atoms with van der Waals surface area (Å²) in [6.07, 6.45) is 0. The number of morpholine rings is 1. The van der Waals surface area contributed by atoms with Gasteiger partial charge in [-0.15, -0.1) is 0 Å². The van der Waals surface area contributed by atoms with Gasteiger partial charge in [0, 0.05) is 18.7 Å². The fourth-order valence-corrected chi connectivity index (χ4v) is 2.49. The maximum Gasteiger partial charge on any atom is 0.254 e. The maximum absolute atomic E-state index is 12.6. The molecule has 1 aromatic carbocycles. The Morgan fingerprint density at radius 2 is 1.95 bits per heavy atom. The summed E-state index contributed by atoms with van der Waals surface area (Å²) < 4.78 is 10.7. The molecule has 1 amide bonds. The Morgan fingerprint density at radius 3 is 2.50 bits per heavy atom. The lowest BCUT2D eigenvalue weighted by molar-refractivity contribution is 0.0302. The van der Waals surface area contributed by atoms with E-state index in [0.29, 0.717) is 32.2 Å². The lowest BCUT2D eigenvalue weighted by atomic mass is 9.95. The molecule has 0 unspecified atom stereocenters. The minimum Gasteiger partial charge on any atom is -0.496 e. The Labute approximate surface area is 120 Å². The van der Waals surface area contributed by atoms with E-state index in [1.54, 1.807) is 7.11 Å². The Morgan fingerprint density at radius 1 is 1.30 bits per heavy atom. The molecule has 0 aromatic heterocycles. The van der Waals surface area contributed by atoms with Crippen LogP contribution in [0.5, 0.6) is 5.75 Å². The van der Waals surface area contributed by atoms with Crippen LogP contribution in [0.15, 0.2) is 12.1 Å². The van der Waals surface area contributed by atoms with Crippen LogP contribution in [0.2, 0.25) is 0 Å². The molecule has 1 fully saturated rings. The van der Waals surface area contributed by atoms with Crippen LogP contribution in [-0.2, 0) is 4.74 Å². The lowest BCUT2D eigenvalue weighted by Gasteiger charge is -2.28. The van der Waals surface area contributed by atoms with Gasteiger partial charge in [-0.3, -0.25) is 4.79 Å². The fourth-order valence-electron chi connectivity index (χ4n) is 2.49. The van der Waals surface area contributed by atoms with E-state index in [4.69, 9.17) is 9.47 Å². The Balaban J connectivity index is 2.35. The molecule has 1 aliphatic heterocycles. The Kier molecular flexibility index (Phi) is 4.65. The number of hydrogen-bond donors (Lipinski definition) is 0. The first-order valence-corrected chi connectivity index (χ1v) is 7.10. The molecule has 4 nitrogen and oxygen atoms in total. The molecule has 0 spiro atoms. The highest BCUT2D eigenvalue weighted by Gasteiger charge is 2.22. The minimum absolute atomic E-state index is 0.0929. The molecule has 20 heavy (non-hydrogen) atoms. The SMILES string of the molecule is COc1cc(C)c(C(=O)N2CCOCC2)cc1C(C)C. The van der Waals surface area contributed by atoms with E-state index in [-0.39, 0.29) is 5.91 Å². The van der Waals surface area contributed by atoms with Gasteiger partial charge in [0.1, 0.15) is 5.75 Å². The van der Waals surface area contributed by atoms with Crippen LogP contribution in [0.25, 0.3) is 0 Å². The molecule has 1 heterocycles. The molecule has 0 radical (unpaired) electrons. The summed E-state index contributed by atoms with van der Waals surface area (Å²) in [7, 11) is 1.67. The number of ether oxygens (including phenoxy) is 2. The van der Waals surface area contributed by atoms with Crippen molar-refractivity contribution < 1.29 is 14.3 Å². The van der Waals surface area contributed by atoms with Crippen LogP contribution in [0.3, 0.4) is 0 Å². The number of carbonyl (C=O) groups is 1. The molecule has 2 rings (SSSR count). The third kappa shape index (κ3) is 2.96. The van der Waals surface area contributed by atoms with Gasteiger partial charge in [-0.2, -0.15) is 0 Å². The van der Waals surface area contributed by atoms with Crippen LogP contribution in [-0.4, -0.2) is 44.2 Å². The number of methoxy groups -OCH3 is 1. The van der Waals surface area contributed by atoms with E-state index in [0.717, 1.165) is 22.4 Å². The summed E-state index contributed by atoms with van der Waals surface area (Å²) in [4.78, 5) is 14.5. The van der Waals surface area contributed by atoms with Gasteiger partial charge in [-0.05, 0) is 36.1 Å². The van der Waals surface area contributed by atoms with Crippen molar-refractivity contribution in [2.24, 2.45) is 0 Å². The zero-order valence-electron chi connectivity index (χ0n) is 12.7. The molecule has 0 atom stereocenters. The van der Waals surface area contributed by atoms with Crippen molar-refractivity contribution in [2.75, 3.05) is 33.4 Å². The van der Waals surface area contributed by atoms with E-state index >= 15 is 0 Å². The second-order valence-corrected chi connectivity index (χ2v) is 5.47. The molecule has 0 bridgehead atoms. The summed E-state index contributed by atoms with van der Waals surface area (Å²) in [6, 6.07) is 3.94. The van der Waals surface area contributed by atoms with Crippen molar-refractivity contribution in [3.8, 4) is 5.75 Å². The van der Waals surface area contributed by atoms with Gasteiger partial charge in [0.25, 0.3) is 5.91 Å². The van der Waals surface area contributed by atoms with Crippen LogP contribution >= 0.6 is 0 Å². The first-order valence-electron chi connectivity index (χ1n) is 7.10. The first kappa shape index (κ1) is 14.9. The van der Waals surface area contributed by atoms with Crippen molar-refractivity contribution in [3.63, 3.8) is 0 Å². The largest absolute Gasteiger partial charge is 0.496 e. The number of carbonyl (C=O) groups excluding carboxylic acids is 1. The second kappa shape index (κ2) is 6.27. The lowest BCUT2D eigenvalue weighted by Crippen LogP contribution is -2.41. The second-order valence-electron chi connectivity index (χ2n) is 5.47. The first-order chi connectivity index (χ1) is 9.54. The number of hydrogen-bond acceptors (Lipinski definition) is 3. The van der Waals surface area contributed by atoms with Gasteiger partial charge >= 0.3 is 0 Å². The van der Waals surface area contributed by atoms with Crippen LogP contribution in [0, 0.1) is 6.92 Å². The molecule has 1 saturated heterocycles. The summed E-state index contributed by atoms with van der Waals surface area (Å²) >= 11 is 0. The highest BCUT2D eigenvalue weighted by atomic mass is 16.5. The quantitative estimate of drug-likeness (QED) is 0.852. The van der Waals surface area contributed by atoms with E-state index in [2.05, 4.69) is 13.8 Å². The average molecular weight is 277 g/mol. The van der Waals surface area contributed by atoms with E-state index in [1.165, 1.54) is 0 Å². The molecular formula is C16H23NO3. The van der Waals surface area contributed by atoms with Crippen molar-refractivity contribution >= 4 is 5.91 Å². The number of amides is 1. The third-order valence-corrected chi connectivity index (χ3v) is 3.73. The highest BCUT2D eigenvalue weighted by molar-refractivity contribution is 5.96. The number of nitrogens with zero attached hydrogens (tertiary/aromatic N) is 1. The molecule has 0 saturated carbocycles. The molecule has 0 aliphatic carbocycles. The monoisotopic (exact) mass is 277 g/mol. The van der Waals surface area contributed by atoms with Crippen molar-refractivity contribution in [3.05, 3.63) is 28.8 Å². The summed E-state index contributed by atoms with van der Waals surface area (Å²) in [5.74, 6) is 1.27. The maximum atomic E-state index is 12.6. The summed E-state index contributed by atoms with van der Waals surface area (Å²) in [5, 5.41) is 0. The van der Waals surface area contributed by atoms with E-state index in [1.807, 2.05) is 24.0 Å². The minimum atomic E-state index is 0.0929. The fraction of sp³-hybridized carbons (Fsp3) is 0.562. The zero-order valence-corrected chi connectivity index (χ0v) is 12.7. The van der Waals surface area contributed by atoms with Gasteiger partial charge in [0.05, 0.1) is 20.3 Å². The van der Waals surface area contributed by atoms with Gasteiger partial charge < -0.3 is 14.4 Å². The molecule has 0 N–H and O–H groups in total. The predicted molar refractivity (Wildman–Crippen MR) is 78.5 cm³/mol. The van der Waals surface area contributed by atoms with Crippen molar-refractivity contribution in [2.45, 2.75) is 26.7 Å². The van der Waals surface area contributed by atoms with Crippen LogP contribution < -0.4 is 4.74 Å². The molecule has 1 aromatic rings. The molecule has 110 valence electrons. The summed E-state index contributed by atoms with van der Waals surface area (Å²) in [6.45, 7) is 8.76. The smallest absolute Gasteiger partial charge is 0.254 e. The molecule has 1 aliphatic rings. The number of benzene rings is 1. The normalized spacial score (nSPS) is 15.6. The van der Waals surface area contributed by atoms with Gasteiger partial charge in [0.2, 0.25) is 0 Å². The highest BCUT2D eigenvalue weighted by Crippen LogP contribution is 2.30.